The molecule has 0 unspecified atom stereocenters. The molecule has 4 heterocycles. The Morgan fingerprint density at radius 3 is 2.53 bits per heavy atom. The third-order valence-electron chi connectivity index (χ3n) is 10.8. The zero-order chi connectivity index (χ0) is 34.0. The number of aromatic nitrogens is 1. The van der Waals surface area contributed by atoms with Crippen LogP contribution in [0.25, 0.3) is 0 Å². The summed E-state index contributed by atoms with van der Waals surface area (Å²) in [5, 5.41) is 9.31. The number of piperidine rings is 1. The van der Waals surface area contributed by atoms with Crippen LogP contribution in [0, 0.1) is 10.8 Å². The molecule has 7 rings (SSSR count). The van der Waals surface area contributed by atoms with E-state index < -0.39 is 10.8 Å². The van der Waals surface area contributed by atoms with Crippen molar-refractivity contribution < 1.29 is 14.4 Å². The molecule has 1 saturated heterocycles. The van der Waals surface area contributed by atoms with Crippen molar-refractivity contribution in [3.05, 3.63) is 106 Å². The number of fused-ring (bicyclic) bond motifs is 2. The molecule has 2 aromatic carbocycles. The van der Waals surface area contributed by atoms with Gasteiger partial charge in [0.25, 0.3) is 0 Å². The lowest BCUT2D eigenvalue weighted by Gasteiger charge is -2.41. The SMILES string of the molecule is CNCc1ccccc1CN(CC(=O)Nc1ccc2c(c1)C[C@@]1(C2)C(=O)NC2=C1CCC=N2)C(=O)C1(C)CCN(Cc2ccncc2)CC1. The monoisotopic (exact) mass is 659 g/mol. The molecule has 49 heavy (non-hydrogen) atoms. The van der Waals surface area contributed by atoms with Crippen LogP contribution in [-0.2, 0) is 46.9 Å². The highest BCUT2D eigenvalue weighted by molar-refractivity contribution is 5.96. The molecule has 1 aliphatic carbocycles. The molecular weight excluding hydrogens is 614 g/mol. The van der Waals surface area contributed by atoms with E-state index in [4.69, 9.17) is 0 Å². The van der Waals surface area contributed by atoms with Crippen LogP contribution in [0.2, 0.25) is 0 Å². The summed E-state index contributed by atoms with van der Waals surface area (Å²) in [5.74, 6) is 0.498. The van der Waals surface area contributed by atoms with E-state index in [0.717, 1.165) is 73.1 Å². The molecule has 254 valence electrons. The van der Waals surface area contributed by atoms with Crippen molar-refractivity contribution in [2.24, 2.45) is 15.8 Å². The summed E-state index contributed by atoms with van der Waals surface area (Å²) < 4.78 is 0. The first-order chi connectivity index (χ1) is 23.8. The maximum atomic E-state index is 14.4. The van der Waals surface area contributed by atoms with Crippen LogP contribution in [0.15, 0.2) is 83.4 Å². The average molecular weight is 660 g/mol. The number of hydrogen-bond donors (Lipinski definition) is 3. The van der Waals surface area contributed by atoms with Crippen molar-refractivity contribution >= 4 is 29.6 Å². The molecule has 4 aliphatic rings. The van der Waals surface area contributed by atoms with E-state index in [1.165, 1.54) is 5.56 Å². The zero-order valence-electron chi connectivity index (χ0n) is 28.4. The fourth-order valence-corrected chi connectivity index (χ4v) is 8.03. The molecule has 3 aliphatic heterocycles. The van der Waals surface area contributed by atoms with Gasteiger partial charge in [0.05, 0.1) is 5.41 Å². The van der Waals surface area contributed by atoms with Gasteiger partial charge in [0.1, 0.15) is 12.4 Å². The van der Waals surface area contributed by atoms with Gasteiger partial charge in [-0.15, -0.1) is 0 Å². The molecule has 3 amide bonds. The molecule has 1 aromatic heterocycles. The van der Waals surface area contributed by atoms with Crippen molar-refractivity contribution in [3.8, 4) is 0 Å². The van der Waals surface area contributed by atoms with Crippen LogP contribution in [0.5, 0.6) is 0 Å². The predicted molar refractivity (Wildman–Crippen MR) is 189 cm³/mol. The van der Waals surface area contributed by atoms with Crippen molar-refractivity contribution in [1.82, 2.24) is 25.4 Å². The molecular formula is C39H45N7O3. The Balaban J connectivity index is 1.06. The minimum atomic E-state index is -0.592. The van der Waals surface area contributed by atoms with E-state index in [-0.39, 0.29) is 24.3 Å². The van der Waals surface area contributed by atoms with E-state index in [0.29, 0.717) is 37.4 Å². The van der Waals surface area contributed by atoms with Crippen molar-refractivity contribution in [1.29, 1.82) is 0 Å². The minimum absolute atomic E-state index is 0.00725. The summed E-state index contributed by atoms with van der Waals surface area (Å²) in [7, 11) is 1.91. The van der Waals surface area contributed by atoms with Gasteiger partial charge in [0.15, 0.2) is 0 Å². The molecule has 1 atom stereocenters. The summed E-state index contributed by atoms with van der Waals surface area (Å²) in [4.78, 5) is 54.1. The van der Waals surface area contributed by atoms with E-state index in [2.05, 4.69) is 43.8 Å². The van der Waals surface area contributed by atoms with Gasteiger partial charge < -0.3 is 20.9 Å². The molecule has 1 fully saturated rings. The van der Waals surface area contributed by atoms with E-state index >= 15 is 0 Å². The number of nitrogens with zero attached hydrogens (tertiary/aromatic N) is 4. The van der Waals surface area contributed by atoms with Crippen LogP contribution in [-0.4, -0.2) is 65.4 Å². The first-order valence-electron chi connectivity index (χ1n) is 17.4. The van der Waals surface area contributed by atoms with Gasteiger partial charge in [-0.3, -0.25) is 24.3 Å². The van der Waals surface area contributed by atoms with Crippen LogP contribution >= 0.6 is 0 Å². The first-order valence-corrected chi connectivity index (χ1v) is 17.4. The Morgan fingerprint density at radius 1 is 1.00 bits per heavy atom. The second kappa shape index (κ2) is 13.7. The van der Waals surface area contributed by atoms with Crippen molar-refractivity contribution in [3.63, 3.8) is 0 Å². The van der Waals surface area contributed by atoms with E-state index in [1.807, 2.05) is 74.2 Å². The predicted octanol–water partition coefficient (Wildman–Crippen LogP) is 4.36. The second-order valence-electron chi connectivity index (χ2n) is 14.3. The Bertz CT molecular complexity index is 1810. The summed E-state index contributed by atoms with van der Waals surface area (Å²) in [5.41, 5.74) is 6.14. The molecule has 10 nitrogen and oxygen atoms in total. The summed E-state index contributed by atoms with van der Waals surface area (Å²) in [6.07, 6.45) is 9.84. The number of amides is 3. The van der Waals surface area contributed by atoms with Gasteiger partial charge in [-0.2, -0.15) is 0 Å². The highest BCUT2D eigenvalue weighted by atomic mass is 16.2. The number of rotatable bonds is 10. The topological polar surface area (TPSA) is 119 Å². The molecule has 1 spiro atoms. The Kier molecular flexibility index (Phi) is 9.17. The van der Waals surface area contributed by atoms with Gasteiger partial charge >= 0.3 is 0 Å². The van der Waals surface area contributed by atoms with Gasteiger partial charge in [-0.1, -0.05) is 37.3 Å². The maximum absolute atomic E-state index is 14.4. The van der Waals surface area contributed by atoms with Crippen LogP contribution in [0.1, 0.15) is 60.4 Å². The number of benzene rings is 2. The van der Waals surface area contributed by atoms with Crippen LogP contribution in [0.4, 0.5) is 5.69 Å². The fraction of sp³-hybridized carbons (Fsp3) is 0.410. The van der Waals surface area contributed by atoms with E-state index in [9.17, 15) is 14.4 Å². The zero-order valence-corrected chi connectivity index (χ0v) is 28.4. The van der Waals surface area contributed by atoms with E-state index in [1.54, 1.807) is 4.90 Å². The molecule has 0 saturated carbocycles. The minimum Gasteiger partial charge on any atom is -0.329 e. The lowest BCUT2D eigenvalue weighted by atomic mass is 9.76. The van der Waals surface area contributed by atoms with Crippen LogP contribution in [0.3, 0.4) is 0 Å². The van der Waals surface area contributed by atoms with Crippen molar-refractivity contribution in [2.75, 3.05) is 32.0 Å². The maximum Gasteiger partial charge on any atom is 0.244 e. The van der Waals surface area contributed by atoms with Gasteiger partial charge in [-0.25, -0.2) is 4.99 Å². The smallest absolute Gasteiger partial charge is 0.244 e. The number of likely N-dealkylation sites (tertiary alicyclic amines) is 1. The number of anilines is 1. The molecule has 3 aromatic rings. The number of pyridine rings is 1. The Labute approximate surface area is 288 Å². The lowest BCUT2D eigenvalue weighted by Crippen LogP contribution is -2.50. The number of carbonyl (C=O) groups excluding carboxylic acids is 3. The standard InChI is InChI=1S/C39H45N7O3/c1-38(13-18-45(19-14-38)24-27-11-16-41-17-12-27)37(49)46(25-30-7-4-3-6-29(30)23-40-2)26-34(47)43-32-10-9-28-21-39(22-31(28)20-32)33-8-5-15-42-35(33)44-36(39)48/h3-4,6-7,9-12,15-17,20,40H,5,8,13-14,18-19,21-26H2,1-2H3,(H,43,47)(H,44,48)/t39-/m1/s1. The molecule has 0 bridgehead atoms. The quantitative estimate of drug-likeness (QED) is 0.298. The molecule has 10 heteroatoms. The highest BCUT2D eigenvalue weighted by Crippen LogP contribution is 2.49. The van der Waals surface area contributed by atoms with Crippen molar-refractivity contribution in [2.45, 2.75) is 65.1 Å². The Morgan fingerprint density at radius 2 is 1.76 bits per heavy atom. The normalized spacial score (nSPS) is 21.0. The largest absolute Gasteiger partial charge is 0.329 e. The second-order valence-corrected chi connectivity index (χ2v) is 14.3. The van der Waals surface area contributed by atoms with Crippen LogP contribution < -0.4 is 16.0 Å². The Hall–Kier alpha value is -4.67. The summed E-state index contributed by atoms with van der Waals surface area (Å²) in [6, 6.07) is 18.1. The number of aliphatic imine (C=N–C) groups is 1. The highest BCUT2D eigenvalue weighted by Gasteiger charge is 2.52. The van der Waals surface area contributed by atoms with Gasteiger partial charge in [0, 0.05) is 49.3 Å². The third kappa shape index (κ3) is 6.67. The third-order valence-corrected chi connectivity index (χ3v) is 10.8. The number of carbonyl (C=O) groups is 3. The van der Waals surface area contributed by atoms with Gasteiger partial charge in [-0.05, 0) is 116 Å². The molecule has 0 radical (unpaired) electrons. The number of hydrogen-bond acceptors (Lipinski definition) is 7. The lowest BCUT2D eigenvalue weighted by molar-refractivity contribution is -0.146. The number of nitrogens with one attached hydrogen (secondary N) is 3. The summed E-state index contributed by atoms with van der Waals surface area (Å²) >= 11 is 0. The molecule has 3 N–H and O–H groups in total. The first kappa shape index (κ1) is 32.9. The summed E-state index contributed by atoms with van der Waals surface area (Å²) in [6.45, 7) is 5.46. The van der Waals surface area contributed by atoms with Gasteiger partial charge in [0.2, 0.25) is 17.7 Å². The fourth-order valence-electron chi connectivity index (χ4n) is 8.03. The average Bonchev–Trinajstić information content (AvgIpc) is 3.62.